The molecule has 0 atom stereocenters. The van der Waals surface area contributed by atoms with Gasteiger partial charge in [0, 0.05) is 41.9 Å². The molecule has 2 heterocycles. The number of piperidine rings is 1. The molecule has 0 unspecified atom stereocenters. The Labute approximate surface area is 334 Å². The third-order valence-electron chi connectivity index (χ3n) is 9.95. The lowest BCUT2D eigenvalue weighted by Crippen LogP contribution is -2.34. The number of benzene rings is 4. The number of ether oxygens (including phenoxy) is 2. The summed E-state index contributed by atoms with van der Waals surface area (Å²) in [5.41, 5.74) is 5.08. The van der Waals surface area contributed by atoms with Crippen molar-refractivity contribution in [2.45, 2.75) is 88.6 Å². The number of rotatable bonds is 17. The van der Waals surface area contributed by atoms with Gasteiger partial charge in [0.15, 0.2) is 5.58 Å². The summed E-state index contributed by atoms with van der Waals surface area (Å²) in [6.45, 7) is 9.25. The molecule has 9 nitrogen and oxygen atoms in total. The molecule has 0 amide bonds. The highest BCUT2D eigenvalue weighted by molar-refractivity contribution is 7.89. The molecule has 12 heteroatoms. The number of likely N-dealkylation sites (tertiary alicyclic amines) is 1. The van der Waals surface area contributed by atoms with E-state index in [2.05, 4.69) is 33.0 Å². The fourth-order valence-electron chi connectivity index (χ4n) is 7.19. The maximum atomic E-state index is 13.6. The van der Waals surface area contributed by atoms with Crippen LogP contribution in [0.25, 0.3) is 11.0 Å². The first kappa shape index (κ1) is 41.3. The number of halogens is 2. The molecule has 298 valence electrons. The number of nitrogens with zero attached hydrogens (tertiary/aromatic N) is 2. The van der Waals surface area contributed by atoms with Gasteiger partial charge in [0.25, 0.3) is 0 Å². The lowest BCUT2D eigenvalue weighted by Gasteiger charge is -2.31. The summed E-state index contributed by atoms with van der Waals surface area (Å²) in [6, 6.07) is 25.1. The molecule has 56 heavy (non-hydrogen) atoms. The van der Waals surface area contributed by atoms with Crippen LogP contribution in [0.1, 0.15) is 80.3 Å². The first-order valence-electron chi connectivity index (χ1n) is 19.4. The van der Waals surface area contributed by atoms with Crippen molar-refractivity contribution in [3.8, 4) is 5.75 Å². The Balaban J connectivity index is 1.02. The molecular formula is C44H51ClFN3O6S. The van der Waals surface area contributed by atoms with Crippen LogP contribution in [-0.4, -0.2) is 62.8 Å². The van der Waals surface area contributed by atoms with Gasteiger partial charge in [-0.2, -0.15) is 0 Å². The van der Waals surface area contributed by atoms with Crippen molar-refractivity contribution in [1.82, 2.24) is 14.8 Å². The highest BCUT2D eigenvalue weighted by Crippen LogP contribution is 2.33. The van der Waals surface area contributed by atoms with E-state index in [1.807, 2.05) is 45.0 Å². The normalized spacial score (nSPS) is 14.3. The third kappa shape index (κ3) is 11.9. The summed E-state index contributed by atoms with van der Waals surface area (Å²) < 4.78 is 59.4. The van der Waals surface area contributed by atoms with Gasteiger partial charge < -0.3 is 18.9 Å². The highest BCUT2D eigenvalue weighted by Gasteiger charge is 2.25. The van der Waals surface area contributed by atoms with E-state index in [9.17, 15) is 17.6 Å². The summed E-state index contributed by atoms with van der Waals surface area (Å²) in [7, 11) is -3.69. The second kappa shape index (κ2) is 18.8. The number of hydrogen-bond donors (Lipinski definition) is 1. The molecule has 1 fully saturated rings. The molecule has 0 radical (unpaired) electrons. The quantitative estimate of drug-likeness (QED) is 0.0734. The number of fused-ring (bicyclic) bond motifs is 1. The van der Waals surface area contributed by atoms with E-state index < -0.39 is 15.6 Å². The van der Waals surface area contributed by atoms with Crippen molar-refractivity contribution in [3.05, 3.63) is 124 Å². The minimum Gasteiger partial charge on any atom is -0.493 e. The zero-order valence-corrected chi connectivity index (χ0v) is 33.9. The van der Waals surface area contributed by atoms with Gasteiger partial charge in [-0.1, -0.05) is 53.2 Å². The van der Waals surface area contributed by atoms with Crippen molar-refractivity contribution < 1.29 is 31.6 Å². The van der Waals surface area contributed by atoms with Gasteiger partial charge >= 0.3 is 5.97 Å². The highest BCUT2D eigenvalue weighted by atomic mass is 35.5. The fourth-order valence-corrected chi connectivity index (χ4v) is 8.35. The van der Waals surface area contributed by atoms with Crippen LogP contribution in [0.3, 0.4) is 0 Å². The molecule has 1 aromatic heterocycles. The molecule has 4 aromatic carbocycles. The predicted molar refractivity (Wildman–Crippen MR) is 217 cm³/mol. The molecule has 0 bridgehead atoms. The van der Waals surface area contributed by atoms with Crippen LogP contribution in [0.4, 0.5) is 4.39 Å². The van der Waals surface area contributed by atoms with Crippen LogP contribution < -0.4 is 9.46 Å². The number of nitrogens with one attached hydrogen (secondary N) is 1. The Kier molecular flexibility index (Phi) is 13.9. The van der Waals surface area contributed by atoms with Gasteiger partial charge in [-0.15, -0.1) is 0 Å². The van der Waals surface area contributed by atoms with Crippen molar-refractivity contribution in [3.63, 3.8) is 0 Å². The summed E-state index contributed by atoms with van der Waals surface area (Å²) in [6.07, 6.45) is 5.60. The minimum absolute atomic E-state index is 0.160. The van der Waals surface area contributed by atoms with Crippen molar-refractivity contribution in [2.24, 2.45) is 0 Å². The van der Waals surface area contributed by atoms with E-state index >= 15 is 0 Å². The van der Waals surface area contributed by atoms with Crippen LogP contribution in [0.5, 0.6) is 5.75 Å². The Bertz CT molecular complexity index is 2190. The smallest absolute Gasteiger partial charge is 0.306 e. The Morgan fingerprint density at radius 2 is 1.62 bits per heavy atom. The van der Waals surface area contributed by atoms with Crippen LogP contribution in [-0.2, 0) is 45.2 Å². The number of carbonyl (C=O) groups is 1. The van der Waals surface area contributed by atoms with Crippen LogP contribution in [0, 0.1) is 5.82 Å². The zero-order chi connectivity index (χ0) is 39.7. The topological polar surface area (TPSA) is 111 Å². The number of para-hydroxylation sites is 1. The maximum absolute atomic E-state index is 13.6. The number of aromatic nitrogens is 1. The van der Waals surface area contributed by atoms with E-state index in [0.717, 1.165) is 90.8 Å². The minimum atomic E-state index is -3.69. The van der Waals surface area contributed by atoms with E-state index in [4.69, 9.17) is 25.6 Å². The van der Waals surface area contributed by atoms with Gasteiger partial charge in [0.2, 0.25) is 10.0 Å². The molecule has 1 aliphatic heterocycles. The molecule has 1 saturated heterocycles. The van der Waals surface area contributed by atoms with Gasteiger partial charge in [-0.25, -0.2) is 17.5 Å². The molecular weight excluding hydrogens is 753 g/mol. The molecule has 1 N–H and O–H groups in total. The van der Waals surface area contributed by atoms with Gasteiger partial charge in [-0.3, -0.25) is 4.79 Å². The summed E-state index contributed by atoms with van der Waals surface area (Å²) in [5.74, 6) is 0.602. The third-order valence-corrected chi connectivity index (χ3v) is 11.7. The van der Waals surface area contributed by atoms with E-state index in [1.54, 1.807) is 18.2 Å². The predicted octanol–water partition coefficient (Wildman–Crippen LogP) is 8.85. The van der Waals surface area contributed by atoms with Gasteiger partial charge in [-0.05, 0) is 144 Å². The Hall–Kier alpha value is -4.29. The first-order valence-corrected chi connectivity index (χ1v) is 21.2. The van der Waals surface area contributed by atoms with Crippen molar-refractivity contribution >= 4 is 38.6 Å². The SMILES string of the molecule is CC(C)(C)OC(=O)CCc1cc(CCNS(=O)(=O)c2ccc(Cl)cc2)cc(CCc2ccccc2OCCCN2CCC(c3noc4cc(F)ccc34)CC2)c1. The standard InChI is InChI=1S/C44H51ClFN3O6S/c1-44(2,3)54-42(50)18-10-32-27-31(28-33(29-32)19-22-47-56(51,52)38-15-12-36(45)13-16-38)9-11-34-7-4-5-8-40(34)53-26-6-23-49-24-20-35(21-25-49)43-39-17-14-37(46)30-41(39)55-48-43/h4-5,7-8,12-17,27-30,35,47H,6,9-11,18-26H2,1-3H3. The number of esters is 1. The van der Waals surface area contributed by atoms with Crippen LogP contribution >= 0.6 is 11.6 Å². The largest absolute Gasteiger partial charge is 0.493 e. The second-order valence-electron chi connectivity index (χ2n) is 15.5. The lowest BCUT2D eigenvalue weighted by atomic mass is 9.91. The van der Waals surface area contributed by atoms with Crippen molar-refractivity contribution in [2.75, 3.05) is 32.8 Å². The molecule has 0 spiro atoms. The Morgan fingerprint density at radius 1 is 0.929 bits per heavy atom. The number of sulfonamides is 1. The number of hydrogen-bond acceptors (Lipinski definition) is 8. The number of aryl methyl sites for hydroxylation is 3. The van der Waals surface area contributed by atoms with E-state index in [-0.39, 0.29) is 29.6 Å². The number of carbonyl (C=O) groups excluding carboxylic acids is 1. The van der Waals surface area contributed by atoms with E-state index in [0.29, 0.717) is 36.0 Å². The average molecular weight is 804 g/mol. The maximum Gasteiger partial charge on any atom is 0.306 e. The average Bonchev–Trinajstić information content (AvgIpc) is 3.58. The molecule has 5 aromatic rings. The lowest BCUT2D eigenvalue weighted by molar-refractivity contribution is -0.154. The first-order chi connectivity index (χ1) is 26.8. The second-order valence-corrected chi connectivity index (χ2v) is 17.7. The summed E-state index contributed by atoms with van der Waals surface area (Å²) in [5, 5.41) is 5.65. The van der Waals surface area contributed by atoms with Crippen LogP contribution in [0.2, 0.25) is 5.02 Å². The molecule has 6 rings (SSSR count). The van der Waals surface area contributed by atoms with Gasteiger partial charge in [0.1, 0.15) is 17.2 Å². The monoisotopic (exact) mass is 803 g/mol. The fraction of sp³-hybridized carbons (Fsp3) is 0.409. The Morgan fingerprint density at radius 3 is 2.36 bits per heavy atom. The summed E-state index contributed by atoms with van der Waals surface area (Å²) >= 11 is 5.95. The van der Waals surface area contributed by atoms with Gasteiger partial charge in [0.05, 0.1) is 17.2 Å². The van der Waals surface area contributed by atoms with Crippen molar-refractivity contribution in [1.29, 1.82) is 0 Å². The zero-order valence-electron chi connectivity index (χ0n) is 32.4. The molecule has 0 saturated carbocycles. The molecule has 0 aliphatic carbocycles. The summed E-state index contributed by atoms with van der Waals surface area (Å²) in [4.78, 5) is 15.2. The molecule has 1 aliphatic rings. The van der Waals surface area contributed by atoms with Crippen LogP contribution in [0.15, 0.2) is 94.3 Å². The van der Waals surface area contributed by atoms with E-state index in [1.165, 1.54) is 24.3 Å².